The highest BCUT2D eigenvalue weighted by Gasteiger charge is 2.06. The Morgan fingerprint density at radius 2 is 1.67 bits per heavy atom. The van der Waals surface area contributed by atoms with Crippen molar-refractivity contribution < 1.29 is 23.9 Å². The number of hydrogen-bond donors (Lipinski definition) is 3. The standard InChI is InChI=1S/C13H15FN2O4S/c14-10-3-1-9(2-4-10)13(20)16-6-5-15-11(17)7-21-8-12(18)19/h1-4H,5-8H2,(H,15,17)(H,16,20)(H,18,19). The molecule has 0 spiro atoms. The third-order valence-electron chi connectivity index (χ3n) is 2.30. The Labute approximate surface area is 125 Å². The number of hydrogen-bond acceptors (Lipinski definition) is 4. The van der Waals surface area contributed by atoms with E-state index in [0.717, 1.165) is 11.8 Å². The van der Waals surface area contributed by atoms with Gasteiger partial charge in [-0.15, -0.1) is 11.8 Å². The topological polar surface area (TPSA) is 95.5 Å². The van der Waals surface area contributed by atoms with Crippen LogP contribution in [0.2, 0.25) is 0 Å². The van der Waals surface area contributed by atoms with E-state index in [2.05, 4.69) is 10.6 Å². The third-order valence-corrected chi connectivity index (χ3v) is 3.22. The zero-order valence-electron chi connectivity index (χ0n) is 11.1. The molecule has 0 bridgehead atoms. The maximum atomic E-state index is 12.7. The van der Waals surface area contributed by atoms with E-state index < -0.39 is 11.8 Å². The number of nitrogens with one attached hydrogen (secondary N) is 2. The number of carbonyl (C=O) groups excluding carboxylic acids is 2. The maximum Gasteiger partial charge on any atom is 0.313 e. The van der Waals surface area contributed by atoms with Crippen molar-refractivity contribution in [3.63, 3.8) is 0 Å². The molecule has 3 N–H and O–H groups in total. The molecular formula is C13H15FN2O4S. The van der Waals surface area contributed by atoms with Crippen LogP contribution in [0.3, 0.4) is 0 Å². The molecule has 0 heterocycles. The highest BCUT2D eigenvalue weighted by molar-refractivity contribution is 8.00. The Bertz CT molecular complexity index is 507. The van der Waals surface area contributed by atoms with E-state index in [1.165, 1.54) is 24.3 Å². The molecule has 114 valence electrons. The van der Waals surface area contributed by atoms with Crippen molar-refractivity contribution in [2.45, 2.75) is 0 Å². The molecule has 21 heavy (non-hydrogen) atoms. The van der Waals surface area contributed by atoms with Gasteiger partial charge in [0.1, 0.15) is 5.82 Å². The Morgan fingerprint density at radius 3 is 2.29 bits per heavy atom. The summed E-state index contributed by atoms with van der Waals surface area (Å²) in [5, 5.41) is 13.5. The highest BCUT2D eigenvalue weighted by Crippen LogP contribution is 2.02. The summed E-state index contributed by atoms with van der Waals surface area (Å²) < 4.78 is 12.7. The molecule has 0 atom stereocenters. The Hall–Kier alpha value is -2.09. The van der Waals surface area contributed by atoms with Gasteiger partial charge in [-0.05, 0) is 24.3 Å². The van der Waals surface area contributed by atoms with Crippen molar-refractivity contribution in [3.05, 3.63) is 35.6 Å². The molecule has 1 aromatic carbocycles. The second kappa shape index (κ2) is 8.96. The molecule has 0 saturated carbocycles. The normalized spacial score (nSPS) is 9.95. The average Bonchev–Trinajstić information content (AvgIpc) is 2.43. The zero-order valence-corrected chi connectivity index (χ0v) is 11.9. The van der Waals surface area contributed by atoms with Crippen LogP contribution in [-0.4, -0.2) is 47.5 Å². The SMILES string of the molecule is O=C(O)CSCC(=O)NCCNC(=O)c1ccc(F)cc1. The first-order valence-electron chi connectivity index (χ1n) is 6.09. The van der Waals surface area contributed by atoms with Gasteiger partial charge in [-0.2, -0.15) is 0 Å². The van der Waals surface area contributed by atoms with E-state index in [-0.39, 0.29) is 36.4 Å². The van der Waals surface area contributed by atoms with Crippen LogP contribution in [0.1, 0.15) is 10.4 Å². The number of thioether (sulfide) groups is 1. The smallest absolute Gasteiger partial charge is 0.313 e. The van der Waals surface area contributed by atoms with Crippen LogP contribution in [0, 0.1) is 5.82 Å². The Morgan fingerprint density at radius 1 is 1.05 bits per heavy atom. The maximum absolute atomic E-state index is 12.7. The van der Waals surface area contributed by atoms with Gasteiger partial charge in [-0.25, -0.2) is 4.39 Å². The predicted molar refractivity (Wildman–Crippen MR) is 76.7 cm³/mol. The summed E-state index contributed by atoms with van der Waals surface area (Å²) in [5.41, 5.74) is 0.333. The molecule has 0 aliphatic heterocycles. The molecule has 0 unspecified atom stereocenters. The van der Waals surface area contributed by atoms with E-state index in [1.54, 1.807) is 0 Å². The quantitative estimate of drug-likeness (QED) is 0.607. The molecule has 0 aliphatic carbocycles. The van der Waals surface area contributed by atoms with Crippen molar-refractivity contribution in [2.24, 2.45) is 0 Å². The van der Waals surface area contributed by atoms with Gasteiger partial charge in [0, 0.05) is 18.7 Å². The largest absolute Gasteiger partial charge is 0.481 e. The van der Waals surface area contributed by atoms with Crippen LogP contribution in [0.15, 0.2) is 24.3 Å². The molecule has 8 heteroatoms. The number of aliphatic carboxylic acids is 1. The number of benzene rings is 1. The number of carboxylic acids is 1. The first kappa shape index (κ1) is 17.0. The highest BCUT2D eigenvalue weighted by atomic mass is 32.2. The second-order valence-corrected chi connectivity index (χ2v) is 4.98. The molecule has 0 fully saturated rings. The monoisotopic (exact) mass is 314 g/mol. The fourth-order valence-electron chi connectivity index (χ4n) is 1.36. The number of carboxylic acid groups (broad SMARTS) is 1. The number of carbonyl (C=O) groups is 3. The summed E-state index contributed by atoms with van der Waals surface area (Å²) in [6.07, 6.45) is 0. The number of amides is 2. The van der Waals surface area contributed by atoms with Crippen molar-refractivity contribution in [1.29, 1.82) is 0 Å². The van der Waals surface area contributed by atoms with Crippen LogP contribution in [0.4, 0.5) is 4.39 Å². The summed E-state index contributed by atoms with van der Waals surface area (Å²) in [4.78, 5) is 33.2. The summed E-state index contributed by atoms with van der Waals surface area (Å²) in [5.74, 6) is -2.12. The lowest BCUT2D eigenvalue weighted by Crippen LogP contribution is -2.35. The fourth-order valence-corrected chi connectivity index (χ4v) is 1.93. The van der Waals surface area contributed by atoms with Gasteiger partial charge in [0.2, 0.25) is 5.91 Å². The minimum atomic E-state index is -0.973. The van der Waals surface area contributed by atoms with Gasteiger partial charge in [-0.3, -0.25) is 14.4 Å². The lowest BCUT2D eigenvalue weighted by atomic mass is 10.2. The lowest BCUT2D eigenvalue weighted by Gasteiger charge is -2.07. The van der Waals surface area contributed by atoms with Gasteiger partial charge < -0.3 is 15.7 Å². The van der Waals surface area contributed by atoms with Crippen molar-refractivity contribution in [1.82, 2.24) is 10.6 Å². The molecule has 0 saturated heterocycles. The molecule has 1 rings (SSSR count). The van der Waals surface area contributed by atoms with Crippen molar-refractivity contribution in [3.8, 4) is 0 Å². The van der Waals surface area contributed by atoms with E-state index in [4.69, 9.17) is 5.11 Å². The number of halogens is 1. The van der Waals surface area contributed by atoms with Crippen molar-refractivity contribution >= 4 is 29.5 Å². The second-order valence-electron chi connectivity index (χ2n) is 4.00. The summed E-state index contributed by atoms with van der Waals surface area (Å²) in [6, 6.07) is 5.12. The first-order valence-corrected chi connectivity index (χ1v) is 7.24. The minimum absolute atomic E-state index is 0.0538. The van der Waals surface area contributed by atoms with Crippen molar-refractivity contribution in [2.75, 3.05) is 24.6 Å². The summed E-state index contributed by atoms with van der Waals surface area (Å²) in [6.45, 7) is 0.463. The van der Waals surface area contributed by atoms with Gasteiger partial charge in [-0.1, -0.05) is 0 Å². The van der Waals surface area contributed by atoms with Gasteiger partial charge >= 0.3 is 5.97 Å². The summed E-state index contributed by atoms with van der Waals surface area (Å²) in [7, 11) is 0. The molecule has 2 amide bonds. The molecule has 6 nitrogen and oxygen atoms in total. The van der Waals surface area contributed by atoms with Crippen LogP contribution >= 0.6 is 11.8 Å². The van der Waals surface area contributed by atoms with Gasteiger partial charge in [0.15, 0.2) is 0 Å². The van der Waals surface area contributed by atoms with Crippen LogP contribution < -0.4 is 10.6 Å². The average molecular weight is 314 g/mol. The predicted octanol–water partition coefficient (Wildman–Crippen LogP) is 0.489. The number of rotatable bonds is 8. The zero-order chi connectivity index (χ0) is 15.7. The van der Waals surface area contributed by atoms with E-state index in [0.29, 0.717) is 5.56 Å². The van der Waals surface area contributed by atoms with E-state index >= 15 is 0 Å². The lowest BCUT2D eigenvalue weighted by molar-refractivity contribution is -0.133. The first-order chi connectivity index (χ1) is 9.99. The third kappa shape index (κ3) is 7.31. The Kier molecular flexibility index (Phi) is 7.24. The molecule has 0 aromatic heterocycles. The minimum Gasteiger partial charge on any atom is -0.481 e. The fraction of sp³-hybridized carbons (Fsp3) is 0.308. The molecule has 1 aromatic rings. The molecule has 0 radical (unpaired) electrons. The van der Waals surface area contributed by atoms with Crippen LogP contribution in [0.25, 0.3) is 0 Å². The van der Waals surface area contributed by atoms with Gasteiger partial charge in [0.25, 0.3) is 5.91 Å². The molecule has 0 aliphatic rings. The van der Waals surface area contributed by atoms with E-state index in [9.17, 15) is 18.8 Å². The summed E-state index contributed by atoms with van der Waals surface area (Å²) >= 11 is 0.998. The Balaban J connectivity index is 2.16. The van der Waals surface area contributed by atoms with Gasteiger partial charge in [0.05, 0.1) is 11.5 Å². The van der Waals surface area contributed by atoms with Crippen LogP contribution in [-0.2, 0) is 9.59 Å². The molecular weight excluding hydrogens is 299 g/mol. The van der Waals surface area contributed by atoms with E-state index in [1.807, 2.05) is 0 Å². The van der Waals surface area contributed by atoms with Crippen LogP contribution in [0.5, 0.6) is 0 Å².